The number of nitrogens with zero attached hydrogens (tertiary/aromatic N) is 2. The monoisotopic (exact) mass is 253 g/mol. The summed E-state index contributed by atoms with van der Waals surface area (Å²) in [5.41, 5.74) is 4.69. The molecule has 1 aliphatic heterocycles. The van der Waals surface area contributed by atoms with Crippen molar-refractivity contribution in [2.45, 2.75) is 6.92 Å². The highest BCUT2D eigenvalue weighted by atomic mass is 16.5. The summed E-state index contributed by atoms with van der Waals surface area (Å²) >= 11 is 0. The lowest BCUT2D eigenvalue weighted by Crippen LogP contribution is -2.36. The van der Waals surface area contributed by atoms with Gasteiger partial charge < -0.3 is 9.64 Å². The molecule has 0 amide bonds. The summed E-state index contributed by atoms with van der Waals surface area (Å²) in [6.45, 7) is 5.59. The van der Waals surface area contributed by atoms with E-state index in [0.29, 0.717) is 0 Å². The summed E-state index contributed by atoms with van der Waals surface area (Å²) in [5.74, 6) is 0. The van der Waals surface area contributed by atoms with E-state index in [-0.39, 0.29) is 0 Å². The Hall–Kier alpha value is -1.87. The molecule has 2 aromatic rings. The lowest BCUT2D eigenvalue weighted by Gasteiger charge is -2.30. The third-order valence-corrected chi connectivity index (χ3v) is 3.54. The van der Waals surface area contributed by atoms with Crippen LogP contribution in [-0.2, 0) is 4.74 Å². The zero-order valence-corrected chi connectivity index (χ0v) is 11.1. The van der Waals surface area contributed by atoms with Gasteiger partial charge in [0.25, 0.3) is 0 Å². The third-order valence-electron chi connectivity index (χ3n) is 3.54. The molecule has 1 radical (unpaired) electrons. The maximum Gasteiger partial charge on any atom is 0.0975 e. The number of hydrogen-bond acceptors (Lipinski definition) is 3. The molecule has 0 spiro atoms. The van der Waals surface area contributed by atoms with Crippen molar-refractivity contribution in [3.63, 3.8) is 0 Å². The van der Waals surface area contributed by atoms with Crippen LogP contribution in [0, 0.1) is 13.1 Å². The number of anilines is 1. The molecule has 3 nitrogen and oxygen atoms in total. The maximum absolute atomic E-state index is 5.41. The summed E-state index contributed by atoms with van der Waals surface area (Å²) in [5, 5.41) is 0. The quantitative estimate of drug-likeness (QED) is 0.823. The molecular weight excluding hydrogens is 236 g/mol. The second-order valence-electron chi connectivity index (χ2n) is 4.72. The number of aromatic nitrogens is 1. The first-order valence-electron chi connectivity index (χ1n) is 6.61. The molecule has 0 bridgehead atoms. The topological polar surface area (TPSA) is 25.4 Å². The van der Waals surface area contributed by atoms with Crippen molar-refractivity contribution in [3.05, 3.63) is 48.3 Å². The second-order valence-corrected chi connectivity index (χ2v) is 4.72. The first-order valence-corrected chi connectivity index (χ1v) is 6.61. The smallest absolute Gasteiger partial charge is 0.0975 e. The van der Waals surface area contributed by atoms with Crippen molar-refractivity contribution < 1.29 is 4.74 Å². The van der Waals surface area contributed by atoms with Gasteiger partial charge in [0, 0.05) is 18.7 Å². The Labute approximate surface area is 113 Å². The van der Waals surface area contributed by atoms with Crippen molar-refractivity contribution in [2.24, 2.45) is 0 Å². The van der Waals surface area contributed by atoms with Gasteiger partial charge in [-0.15, -0.1) is 0 Å². The maximum atomic E-state index is 5.41. The highest BCUT2D eigenvalue weighted by Crippen LogP contribution is 2.29. The number of ether oxygens (including phenoxy) is 1. The first-order chi connectivity index (χ1) is 9.36. The molecule has 3 heteroatoms. The molecule has 1 saturated heterocycles. The van der Waals surface area contributed by atoms with Crippen molar-refractivity contribution >= 4 is 5.69 Å². The van der Waals surface area contributed by atoms with Gasteiger partial charge in [-0.1, -0.05) is 30.3 Å². The Morgan fingerprint density at radius 1 is 1.16 bits per heavy atom. The lowest BCUT2D eigenvalue weighted by molar-refractivity contribution is 0.122. The minimum absolute atomic E-state index is 0.790. The van der Waals surface area contributed by atoms with Gasteiger partial charge in [-0.25, -0.2) is 0 Å². The Morgan fingerprint density at radius 2 is 1.89 bits per heavy atom. The van der Waals surface area contributed by atoms with E-state index < -0.39 is 0 Å². The molecule has 0 unspecified atom stereocenters. The standard InChI is InChI=1S/C16H17N2O/c1-13-15(14-5-3-2-4-6-14)11-17-12-16(13)18-7-9-19-10-8-18/h2-6,12H,7-10H2,1H3. The van der Waals surface area contributed by atoms with Crippen LogP contribution < -0.4 is 4.90 Å². The summed E-state index contributed by atoms with van der Waals surface area (Å²) < 4.78 is 5.41. The van der Waals surface area contributed by atoms with Gasteiger partial charge in [0.1, 0.15) is 0 Å². The molecule has 0 aliphatic carbocycles. The van der Waals surface area contributed by atoms with Crippen molar-refractivity contribution in [2.75, 3.05) is 31.2 Å². The number of pyridine rings is 1. The fourth-order valence-electron chi connectivity index (χ4n) is 2.48. The van der Waals surface area contributed by atoms with Crippen LogP contribution in [-0.4, -0.2) is 31.3 Å². The molecule has 1 aliphatic rings. The van der Waals surface area contributed by atoms with Crippen LogP contribution in [0.1, 0.15) is 5.56 Å². The largest absolute Gasteiger partial charge is 0.378 e. The molecule has 1 aromatic heterocycles. The van der Waals surface area contributed by atoms with Crippen molar-refractivity contribution in [1.29, 1.82) is 0 Å². The van der Waals surface area contributed by atoms with E-state index in [1.165, 1.54) is 16.8 Å². The second kappa shape index (κ2) is 5.41. The van der Waals surface area contributed by atoms with Crippen LogP contribution in [0.3, 0.4) is 0 Å². The number of morpholine rings is 1. The van der Waals surface area contributed by atoms with E-state index in [1.54, 1.807) is 0 Å². The molecule has 1 aromatic carbocycles. The summed E-state index contributed by atoms with van der Waals surface area (Å²) in [4.78, 5) is 6.63. The van der Waals surface area contributed by atoms with E-state index in [2.05, 4.69) is 35.1 Å². The lowest BCUT2D eigenvalue weighted by atomic mass is 10.0. The van der Waals surface area contributed by atoms with Crippen LogP contribution >= 0.6 is 0 Å². The highest BCUT2D eigenvalue weighted by molar-refractivity contribution is 5.72. The number of rotatable bonds is 2. The average Bonchev–Trinajstić information content (AvgIpc) is 2.49. The zero-order valence-electron chi connectivity index (χ0n) is 11.1. The van der Waals surface area contributed by atoms with E-state index in [0.717, 1.165) is 31.9 Å². The van der Waals surface area contributed by atoms with E-state index >= 15 is 0 Å². The van der Waals surface area contributed by atoms with Crippen molar-refractivity contribution in [3.8, 4) is 11.1 Å². The predicted octanol–water partition coefficient (Wildman–Crippen LogP) is 2.69. The average molecular weight is 253 g/mol. The molecule has 19 heavy (non-hydrogen) atoms. The minimum atomic E-state index is 0.790. The molecule has 0 saturated carbocycles. The van der Waals surface area contributed by atoms with E-state index in [9.17, 15) is 0 Å². The molecule has 0 N–H and O–H groups in total. The Balaban J connectivity index is 1.99. The fraction of sp³-hybridized carbons (Fsp3) is 0.312. The zero-order chi connectivity index (χ0) is 13.1. The molecular formula is C16H17N2O. The molecule has 97 valence electrons. The number of benzene rings is 1. The molecule has 3 rings (SSSR count). The Bertz CT molecular complexity index is 548. The number of hydrogen-bond donors (Lipinski definition) is 0. The van der Waals surface area contributed by atoms with E-state index in [1.807, 2.05) is 24.4 Å². The molecule has 1 fully saturated rings. The normalized spacial score (nSPS) is 15.5. The Morgan fingerprint density at radius 3 is 2.63 bits per heavy atom. The highest BCUT2D eigenvalue weighted by Gasteiger charge is 2.16. The molecule has 0 atom stereocenters. The Kier molecular flexibility index (Phi) is 3.47. The van der Waals surface area contributed by atoms with E-state index in [4.69, 9.17) is 4.74 Å². The van der Waals surface area contributed by atoms with Gasteiger partial charge in [0.15, 0.2) is 0 Å². The van der Waals surface area contributed by atoms with Gasteiger partial charge in [-0.05, 0) is 18.1 Å². The van der Waals surface area contributed by atoms with Crippen LogP contribution in [0.2, 0.25) is 0 Å². The predicted molar refractivity (Wildman–Crippen MR) is 76.3 cm³/mol. The minimum Gasteiger partial charge on any atom is -0.378 e. The SMILES string of the molecule is Cc1c(-c2ccccc2)[c]ncc1N1CCOCC1. The first kappa shape index (κ1) is 12.2. The summed E-state index contributed by atoms with van der Waals surface area (Å²) in [7, 11) is 0. The van der Waals surface area contributed by atoms with Gasteiger partial charge in [-0.2, -0.15) is 0 Å². The summed E-state index contributed by atoms with van der Waals surface area (Å²) in [6.07, 6.45) is 5.03. The van der Waals surface area contributed by atoms with Crippen LogP contribution in [0.5, 0.6) is 0 Å². The van der Waals surface area contributed by atoms with Crippen molar-refractivity contribution in [1.82, 2.24) is 4.98 Å². The van der Waals surface area contributed by atoms with Gasteiger partial charge >= 0.3 is 0 Å². The fourth-order valence-corrected chi connectivity index (χ4v) is 2.48. The van der Waals surface area contributed by atoms with Gasteiger partial charge in [0.05, 0.1) is 31.3 Å². The van der Waals surface area contributed by atoms with Gasteiger partial charge in [-0.3, -0.25) is 4.98 Å². The van der Waals surface area contributed by atoms with Crippen LogP contribution in [0.4, 0.5) is 5.69 Å². The van der Waals surface area contributed by atoms with Crippen LogP contribution in [0.15, 0.2) is 36.5 Å². The van der Waals surface area contributed by atoms with Crippen LogP contribution in [0.25, 0.3) is 11.1 Å². The van der Waals surface area contributed by atoms with Gasteiger partial charge in [0.2, 0.25) is 0 Å². The summed E-state index contributed by atoms with van der Waals surface area (Å²) in [6, 6.07) is 10.3. The third kappa shape index (κ3) is 2.47. The molecule has 2 heterocycles.